The van der Waals surface area contributed by atoms with Crippen LogP contribution in [0.1, 0.15) is 23.0 Å². The van der Waals surface area contributed by atoms with Crippen LogP contribution in [-0.4, -0.2) is 26.6 Å². The van der Waals surface area contributed by atoms with Crippen LogP contribution in [0.4, 0.5) is 30.4 Å². The Hall–Kier alpha value is -4.34. The number of hydrogen-bond acceptors (Lipinski definition) is 6. The van der Waals surface area contributed by atoms with E-state index in [0.29, 0.717) is 27.8 Å². The highest BCUT2D eigenvalue weighted by Crippen LogP contribution is 2.42. The zero-order valence-electron chi connectivity index (χ0n) is 17.7. The third kappa shape index (κ3) is 3.43. The molecule has 5 rings (SSSR count). The molecule has 0 radical (unpaired) electrons. The molecule has 4 heterocycles. The molecular weight excluding hydrogens is 447 g/mol. The molecule has 0 saturated carbocycles. The largest absolute Gasteiger partial charge is 0.416 e. The molecule has 10 heteroatoms. The van der Waals surface area contributed by atoms with Gasteiger partial charge in [-0.15, -0.1) is 0 Å². The Bertz CT molecular complexity index is 1470. The van der Waals surface area contributed by atoms with E-state index in [1.165, 1.54) is 37.6 Å². The summed E-state index contributed by atoms with van der Waals surface area (Å²) in [7, 11) is 0. The van der Waals surface area contributed by atoms with Crippen molar-refractivity contribution < 1.29 is 22.8 Å². The molecule has 0 saturated heterocycles. The van der Waals surface area contributed by atoms with Gasteiger partial charge in [0.1, 0.15) is 17.4 Å². The fourth-order valence-corrected chi connectivity index (χ4v) is 3.92. The van der Waals surface area contributed by atoms with Crippen LogP contribution >= 0.6 is 0 Å². The first kappa shape index (κ1) is 21.5. The summed E-state index contributed by atoms with van der Waals surface area (Å²) in [5.41, 5.74) is 5.97. The van der Waals surface area contributed by atoms with E-state index in [9.17, 15) is 22.8 Å². The number of anilines is 3. The molecule has 1 aromatic carbocycles. The van der Waals surface area contributed by atoms with Crippen molar-refractivity contribution in [3.8, 4) is 11.3 Å². The summed E-state index contributed by atoms with van der Waals surface area (Å²) in [6.07, 6.45) is -0.0992. The van der Waals surface area contributed by atoms with Gasteiger partial charge in [0.2, 0.25) is 5.91 Å². The van der Waals surface area contributed by atoms with Crippen LogP contribution in [-0.2, 0) is 11.0 Å². The van der Waals surface area contributed by atoms with Gasteiger partial charge < -0.3 is 5.73 Å². The second kappa shape index (κ2) is 7.62. The summed E-state index contributed by atoms with van der Waals surface area (Å²) in [5.74, 6) is -1.92. The molecule has 0 aliphatic carbocycles. The normalized spacial score (nSPS) is 16.1. The molecular formula is C24H16F3N5O2. The molecule has 1 atom stereocenters. The SMILES string of the molecule is CC1C(=O)c2ncc3cnc(-c4ccc(N)nc4)cc3c2N(c2cccc(C(F)(F)F)c2)C1=O. The smallest absolute Gasteiger partial charge is 0.384 e. The van der Waals surface area contributed by atoms with E-state index in [-0.39, 0.29) is 17.1 Å². The lowest BCUT2D eigenvalue weighted by Gasteiger charge is -2.32. The zero-order valence-corrected chi connectivity index (χ0v) is 17.7. The van der Waals surface area contributed by atoms with Crippen molar-refractivity contribution in [3.05, 3.63) is 72.3 Å². The molecule has 2 N–H and O–H groups in total. The summed E-state index contributed by atoms with van der Waals surface area (Å²) in [6, 6.07) is 9.39. The lowest BCUT2D eigenvalue weighted by Crippen LogP contribution is -2.41. The van der Waals surface area contributed by atoms with Gasteiger partial charge in [0.05, 0.1) is 16.9 Å². The van der Waals surface area contributed by atoms with Gasteiger partial charge in [-0.1, -0.05) is 6.07 Å². The average Bonchev–Trinajstić information content (AvgIpc) is 2.82. The van der Waals surface area contributed by atoms with E-state index in [4.69, 9.17) is 5.73 Å². The van der Waals surface area contributed by atoms with Crippen LogP contribution in [0.2, 0.25) is 0 Å². The minimum absolute atomic E-state index is 0.00425. The second-order valence-corrected chi connectivity index (χ2v) is 7.89. The number of nitrogen functional groups attached to an aromatic ring is 1. The van der Waals surface area contributed by atoms with Gasteiger partial charge in [0.25, 0.3) is 0 Å². The van der Waals surface area contributed by atoms with Gasteiger partial charge in [-0.05, 0) is 43.3 Å². The Morgan fingerprint density at radius 1 is 0.971 bits per heavy atom. The number of carbonyl (C=O) groups is 2. The number of rotatable bonds is 2. The van der Waals surface area contributed by atoms with Gasteiger partial charge in [0, 0.05) is 40.6 Å². The van der Waals surface area contributed by atoms with E-state index in [2.05, 4.69) is 15.0 Å². The second-order valence-electron chi connectivity index (χ2n) is 7.89. The molecule has 1 unspecified atom stereocenters. The molecule has 170 valence electrons. The molecule has 1 aliphatic heterocycles. The summed E-state index contributed by atoms with van der Waals surface area (Å²) in [4.78, 5) is 40.0. The van der Waals surface area contributed by atoms with Crippen molar-refractivity contribution in [3.63, 3.8) is 0 Å². The van der Waals surface area contributed by atoms with Crippen molar-refractivity contribution >= 4 is 39.7 Å². The third-order valence-corrected chi connectivity index (χ3v) is 5.70. The van der Waals surface area contributed by atoms with Crippen LogP contribution < -0.4 is 10.6 Å². The first-order chi connectivity index (χ1) is 16.1. The fourth-order valence-electron chi connectivity index (χ4n) is 3.92. The first-order valence-electron chi connectivity index (χ1n) is 10.2. The molecule has 1 aliphatic rings. The molecule has 3 aromatic heterocycles. The number of fused-ring (bicyclic) bond motifs is 3. The number of carbonyl (C=O) groups excluding carboxylic acids is 2. The third-order valence-electron chi connectivity index (χ3n) is 5.70. The van der Waals surface area contributed by atoms with E-state index in [0.717, 1.165) is 17.0 Å². The van der Waals surface area contributed by atoms with Crippen LogP contribution in [0.5, 0.6) is 0 Å². The van der Waals surface area contributed by atoms with Crippen LogP contribution in [0.15, 0.2) is 61.1 Å². The van der Waals surface area contributed by atoms with Crippen molar-refractivity contribution in [1.29, 1.82) is 0 Å². The maximum atomic E-state index is 13.4. The highest BCUT2D eigenvalue weighted by molar-refractivity contribution is 6.26. The topological polar surface area (TPSA) is 102 Å². The number of Topliss-reactive ketones (excluding diaryl/α,β-unsaturated/α-hetero) is 1. The number of halogens is 3. The van der Waals surface area contributed by atoms with Crippen molar-refractivity contribution in [2.24, 2.45) is 5.92 Å². The maximum absolute atomic E-state index is 13.4. The highest BCUT2D eigenvalue weighted by atomic mass is 19.4. The average molecular weight is 463 g/mol. The van der Waals surface area contributed by atoms with E-state index in [1.807, 2.05) is 0 Å². The lowest BCUT2D eigenvalue weighted by atomic mass is 9.92. The van der Waals surface area contributed by atoms with Crippen molar-refractivity contribution in [1.82, 2.24) is 15.0 Å². The molecule has 1 amide bonds. The number of alkyl halides is 3. The molecule has 4 aromatic rings. The Balaban J connectivity index is 1.78. The van der Waals surface area contributed by atoms with E-state index >= 15 is 0 Å². The minimum atomic E-state index is -4.60. The lowest BCUT2D eigenvalue weighted by molar-refractivity contribution is -0.137. The van der Waals surface area contributed by atoms with Gasteiger partial charge >= 0.3 is 6.18 Å². The number of nitrogens with zero attached hydrogens (tertiary/aromatic N) is 4. The number of nitrogens with two attached hydrogens (primary N) is 1. The predicted octanol–water partition coefficient (Wildman–Crippen LogP) is 4.79. The van der Waals surface area contributed by atoms with Gasteiger partial charge in [-0.3, -0.25) is 24.5 Å². The Kier molecular flexibility index (Phi) is 4.82. The Morgan fingerprint density at radius 3 is 2.44 bits per heavy atom. The van der Waals surface area contributed by atoms with Gasteiger partial charge in [-0.25, -0.2) is 4.98 Å². The van der Waals surface area contributed by atoms with Gasteiger partial charge in [0.15, 0.2) is 5.78 Å². The number of pyridine rings is 3. The molecule has 7 nitrogen and oxygen atoms in total. The fraction of sp³-hybridized carbons (Fsp3) is 0.125. The zero-order chi connectivity index (χ0) is 24.2. The van der Waals surface area contributed by atoms with Crippen LogP contribution in [0.3, 0.4) is 0 Å². The Labute approximate surface area is 191 Å². The summed E-state index contributed by atoms with van der Waals surface area (Å²) >= 11 is 0. The number of amides is 1. The predicted molar refractivity (Wildman–Crippen MR) is 119 cm³/mol. The Morgan fingerprint density at radius 2 is 1.74 bits per heavy atom. The maximum Gasteiger partial charge on any atom is 0.416 e. The first-order valence-corrected chi connectivity index (χ1v) is 10.2. The molecule has 0 bridgehead atoms. The standard InChI is InChI=1S/C24H16F3N5O2/c1-12-22(33)20-21(32(23(12)34)16-4-2-3-15(7-16)24(25,26)27)17-8-18(29-10-14(17)11-31-20)13-5-6-19(28)30-9-13/h2-12H,1H3,(H2,28,30). The van der Waals surface area contributed by atoms with E-state index in [1.54, 1.807) is 18.2 Å². The highest BCUT2D eigenvalue weighted by Gasteiger charge is 2.40. The molecule has 0 fully saturated rings. The van der Waals surface area contributed by atoms with Gasteiger partial charge in [-0.2, -0.15) is 13.2 Å². The van der Waals surface area contributed by atoms with Crippen LogP contribution in [0, 0.1) is 5.92 Å². The summed E-state index contributed by atoms with van der Waals surface area (Å²) in [5, 5.41) is 0.955. The van der Waals surface area contributed by atoms with Crippen molar-refractivity contribution in [2.45, 2.75) is 13.1 Å². The minimum Gasteiger partial charge on any atom is -0.384 e. The number of hydrogen-bond donors (Lipinski definition) is 1. The molecule has 34 heavy (non-hydrogen) atoms. The number of ketones is 1. The van der Waals surface area contributed by atoms with Crippen molar-refractivity contribution in [2.75, 3.05) is 10.6 Å². The van der Waals surface area contributed by atoms with E-state index < -0.39 is 29.3 Å². The number of benzene rings is 1. The monoisotopic (exact) mass is 463 g/mol. The van der Waals surface area contributed by atoms with Crippen LogP contribution in [0.25, 0.3) is 22.0 Å². The summed E-state index contributed by atoms with van der Waals surface area (Å²) < 4.78 is 40.2. The number of aromatic nitrogens is 3. The summed E-state index contributed by atoms with van der Waals surface area (Å²) in [6.45, 7) is 1.41. The molecule has 0 spiro atoms. The quantitative estimate of drug-likeness (QED) is 0.429.